The van der Waals surface area contributed by atoms with E-state index in [9.17, 15) is 4.79 Å². The Morgan fingerprint density at radius 3 is 2.90 bits per heavy atom. The summed E-state index contributed by atoms with van der Waals surface area (Å²) in [6.07, 6.45) is 7.19. The van der Waals surface area contributed by atoms with Gasteiger partial charge in [-0.2, -0.15) is 0 Å². The number of hydrogen-bond acceptors (Lipinski definition) is 3. The second kappa shape index (κ2) is 5.25. The number of carboxylic acid groups (broad SMARTS) is 1. The molecule has 0 unspecified atom stereocenters. The Kier molecular flexibility index (Phi) is 3.44. The Bertz CT molecular complexity index is 627. The Labute approximate surface area is 117 Å². The van der Waals surface area contributed by atoms with E-state index in [2.05, 4.69) is 16.9 Å². The van der Waals surface area contributed by atoms with Gasteiger partial charge in [0.05, 0.1) is 11.3 Å². The largest absolute Gasteiger partial charge is 0.478 e. The number of nitrogens with zero attached hydrogens (tertiary/aromatic N) is 3. The van der Waals surface area contributed by atoms with Gasteiger partial charge < -0.3 is 14.4 Å². The van der Waals surface area contributed by atoms with Gasteiger partial charge >= 0.3 is 5.97 Å². The van der Waals surface area contributed by atoms with Crippen LogP contribution >= 0.6 is 0 Å². The Balaban J connectivity index is 1.77. The van der Waals surface area contributed by atoms with Crippen molar-refractivity contribution in [2.75, 3.05) is 20.1 Å². The van der Waals surface area contributed by atoms with Gasteiger partial charge in [-0.05, 0) is 57.5 Å². The summed E-state index contributed by atoms with van der Waals surface area (Å²) in [7, 11) is 2.16. The molecule has 0 bridgehead atoms. The van der Waals surface area contributed by atoms with E-state index in [0.29, 0.717) is 11.6 Å². The topological polar surface area (TPSA) is 57.8 Å². The van der Waals surface area contributed by atoms with Gasteiger partial charge in [-0.1, -0.05) is 0 Å². The van der Waals surface area contributed by atoms with Gasteiger partial charge in [0, 0.05) is 12.4 Å². The van der Waals surface area contributed by atoms with Crippen LogP contribution in [0.1, 0.15) is 28.9 Å². The van der Waals surface area contributed by atoms with E-state index in [1.165, 1.54) is 12.8 Å². The molecule has 5 nitrogen and oxygen atoms in total. The third-order valence-electron chi connectivity index (χ3n) is 4.09. The van der Waals surface area contributed by atoms with Crippen molar-refractivity contribution in [3.8, 4) is 0 Å². The molecule has 0 aromatic carbocycles. The van der Waals surface area contributed by atoms with Gasteiger partial charge in [0.15, 0.2) is 0 Å². The van der Waals surface area contributed by atoms with Crippen molar-refractivity contribution < 1.29 is 9.90 Å². The highest BCUT2D eigenvalue weighted by Gasteiger charge is 2.18. The maximum atomic E-state index is 11.0. The van der Waals surface area contributed by atoms with Gasteiger partial charge in [-0.15, -0.1) is 0 Å². The monoisotopic (exact) mass is 273 g/mol. The number of carboxylic acids is 1. The summed E-state index contributed by atoms with van der Waals surface area (Å²) in [6, 6.07) is 3.23. The molecular weight excluding hydrogens is 254 g/mol. The van der Waals surface area contributed by atoms with Gasteiger partial charge in [0.25, 0.3) is 0 Å². The number of rotatable bonds is 3. The number of carbonyl (C=O) groups is 1. The molecule has 0 saturated carbocycles. The fourth-order valence-corrected chi connectivity index (χ4v) is 2.83. The van der Waals surface area contributed by atoms with Crippen molar-refractivity contribution in [3.63, 3.8) is 0 Å². The molecule has 0 aliphatic carbocycles. The van der Waals surface area contributed by atoms with E-state index in [1.54, 1.807) is 18.3 Å². The molecule has 0 atom stereocenters. The zero-order valence-electron chi connectivity index (χ0n) is 11.6. The highest BCUT2D eigenvalue weighted by molar-refractivity contribution is 5.88. The first-order chi connectivity index (χ1) is 9.61. The molecule has 0 spiro atoms. The third-order valence-corrected chi connectivity index (χ3v) is 4.09. The van der Waals surface area contributed by atoms with E-state index in [4.69, 9.17) is 5.11 Å². The average molecular weight is 273 g/mol. The molecule has 3 heterocycles. The van der Waals surface area contributed by atoms with Crippen LogP contribution in [0.2, 0.25) is 0 Å². The van der Waals surface area contributed by atoms with Crippen LogP contribution in [-0.2, 0) is 6.42 Å². The van der Waals surface area contributed by atoms with Crippen molar-refractivity contribution in [2.45, 2.75) is 19.3 Å². The summed E-state index contributed by atoms with van der Waals surface area (Å²) in [5.41, 5.74) is 2.06. The molecule has 3 rings (SSSR count). The lowest BCUT2D eigenvalue weighted by atomic mass is 9.93. The number of aromatic carboxylic acids is 1. The number of aromatic nitrogens is 2. The molecule has 106 valence electrons. The summed E-state index contributed by atoms with van der Waals surface area (Å²) in [5, 5.41) is 9.00. The lowest BCUT2D eigenvalue weighted by Crippen LogP contribution is -2.30. The van der Waals surface area contributed by atoms with Gasteiger partial charge in [0.1, 0.15) is 5.65 Å². The maximum Gasteiger partial charge on any atom is 0.335 e. The number of fused-ring (bicyclic) bond motifs is 1. The quantitative estimate of drug-likeness (QED) is 0.928. The van der Waals surface area contributed by atoms with E-state index < -0.39 is 5.97 Å². The van der Waals surface area contributed by atoms with Crippen molar-refractivity contribution in [1.29, 1.82) is 0 Å². The number of hydrogen-bond donors (Lipinski definition) is 1. The van der Waals surface area contributed by atoms with Crippen molar-refractivity contribution in [1.82, 2.24) is 14.3 Å². The Morgan fingerprint density at radius 2 is 2.20 bits per heavy atom. The predicted octanol–water partition coefficient (Wildman–Crippen LogP) is 1.92. The van der Waals surface area contributed by atoms with Crippen LogP contribution in [0.3, 0.4) is 0 Å². The molecule has 2 aromatic rings. The summed E-state index contributed by atoms with van der Waals surface area (Å²) < 4.78 is 1.90. The van der Waals surface area contributed by atoms with Gasteiger partial charge in [-0.25, -0.2) is 9.78 Å². The standard InChI is InChI=1S/C15H19N3O2/c1-17-5-2-11(3-6-17)8-13-10-18-7-4-12(15(19)20)9-14(18)16-13/h4,7,9-11H,2-3,5-6,8H2,1H3,(H,19,20). The molecule has 0 amide bonds. The van der Waals surface area contributed by atoms with Crippen molar-refractivity contribution in [3.05, 3.63) is 35.8 Å². The van der Waals surface area contributed by atoms with E-state index in [0.717, 1.165) is 25.2 Å². The summed E-state index contributed by atoms with van der Waals surface area (Å²) in [4.78, 5) is 17.9. The first kappa shape index (κ1) is 13.1. The molecule has 1 fully saturated rings. The molecule has 1 aliphatic rings. The first-order valence-electron chi connectivity index (χ1n) is 7.01. The van der Waals surface area contributed by atoms with Crippen LogP contribution in [0.25, 0.3) is 5.65 Å². The SMILES string of the molecule is CN1CCC(Cc2cn3ccc(C(=O)O)cc3n2)CC1. The zero-order chi connectivity index (χ0) is 14.1. The fraction of sp³-hybridized carbons (Fsp3) is 0.467. The Morgan fingerprint density at radius 1 is 1.45 bits per heavy atom. The summed E-state index contributed by atoms with van der Waals surface area (Å²) in [6.45, 7) is 2.31. The van der Waals surface area contributed by atoms with Crippen molar-refractivity contribution in [2.24, 2.45) is 5.92 Å². The molecule has 1 N–H and O–H groups in total. The van der Waals surface area contributed by atoms with Crippen LogP contribution in [-0.4, -0.2) is 45.5 Å². The average Bonchev–Trinajstić information content (AvgIpc) is 2.82. The van der Waals surface area contributed by atoms with Crippen LogP contribution in [0.5, 0.6) is 0 Å². The van der Waals surface area contributed by atoms with E-state index in [-0.39, 0.29) is 5.56 Å². The molecular formula is C15H19N3O2. The fourth-order valence-electron chi connectivity index (χ4n) is 2.83. The number of likely N-dealkylation sites (tertiary alicyclic amines) is 1. The molecule has 1 saturated heterocycles. The Hall–Kier alpha value is -1.88. The molecule has 0 radical (unpaired) electrons. The maximum absolute atomic E-state index is 11.0. The highest BCUT2D eigenvalue weighted by Crippen LogP contribution is 2.21. The van der Waals surface area contributed by atoms with Crippen LogP contribution in [0, 0.1) is 5.92 Å². The minimum Gasteiger partial charge on any atom is -0.478 e. The number of piperidine rings is 1. The van der Waals surface area contributed by atoms with E-state index in [1.807, 2.05) is 10.6 Å². The smallest absolute Gasteiger partial charge is 0.335 e. The molecule has 1 aliphatic heterocycles. The molecule has 2 aromatic heterocycles. The summed E-state index contributed by atoms with van der Waals surface area (Å²) >= 11 is 0. The number of imidazole rings is 1. The summed E-state index contributed by atoms with van der Waals surface area (Å²) in [5.74, 6) is -0.220. The van der Waals surface area contributed by atoms with Crippen LogP contribution in [0.4, 0.5) is 0 Å². The zero-order valence-corrected chi connectivity index (χ0v) is 11.6. The lowest BCUT2D eigenvalue weighted by Gasteiger charge is -2.28. The molecule has 5 heteroatoms. The molecule has 20 heavy (non-hydrogen) atoms. The second-order valence-electron chi connectivity index (χ2n) is 5.67. The lowest BCUT2D eigenvalue weighted by molar-refractivity contribution is 0.0697. The van der Waals surface area contributed by atoms with Gasteiger partial charge in [0.2, 0.25) is 0 Å². The van der Waals surface area contributed by atoms with Crippen LogP contribution in [0.15, 0.2) is 24.5 Å². The second-order valence-corrected chi connectivity index (χ2v) is 5.67. The number of pyridine rings is 1. The van der Waals surface area contributed by atoms with Crippen molar-refractivity contribution >= 4 is 11.6 Å². The van der Waals surface area contributed by atoms with Gasteiger partial charge in [-0.3, -0.25) is 0 Å². The highest BCUT2D eigenvalue weighted by atomic mass is 16.4. The first-order valence-corrected chi connectivity index (χ1v) is 7.01. The minimum absolute atomic E-state index is 0.286. The predicted molar refractivity (Wildman–Crippen MR) is 76.1 cm³/mol. The normalized spacial score (nSPS) is 17.6. The van der Waals surface area contributed by atoms with Crippen LogP contribution < -0.4 is 0 Å². The van der Waals surface area contributed by atoms with E-state index >= 15 is 0 Å². The third kappa shape index (κ3) is 2.67. The minimum atomic E-state index is -0.910.